The van der Waals surface area contributed by atoms with Crippen LogP contribution in [0, 0.1) is 0 Å². The summed E-state index contributed by atoms with van der Waals surface area (Å²) in [4.78, 5) is 49.9. The molecule has 0 saturated carbocycles. The number of carbonyl (C=O) groups excluding carboxylic acids is 4. The lowest BCUT2D eigenvalue weighted by Gasteiger charge is -2.29. The lowest BCUT2D eigenvalue weighted by molar-refractivity contribution is -0.136. The van der Waals surface area contributed by atoms with Gasteiger partial charge in [0.15, 0.2) is 5.69 Å². The number of hydrogen-bond donors (Lipinski definition) is 2. The summed E-state index contributed by atoms with van der Waals surface area (Å²) < 4.78 is 11.0. The SMILES string of the molecule is CCCc1cc(C(=O)NCCCCCCOc2ccc3c(c2)CN(C2CCC(=O)NC2=O)C3=O)no1. The summed E-state index contributed by atoms with van der Waals surface area (Å²) in [7, 11) is 0. The van der Waals surface area contributed by atoms with Crippen LogP contribution in [0.5, 0.6) is 5.75 Å². The van der Waals surface area contributed by atoms with Crippen molar-refractivity contribution in [2.75, 3.05) is 13.2 Å². The lowest BCUT2D eigenvalue weighted by atomic mass is 10.0. The van der Waals surface area contributed by atoms with E-state index in [1.54, 1.807) is 18.2 Å². The van der Waals surface area contributed by atoms with Crippen LogP contribution in [0.15, 0.2) is 28.8 Å². The van der Waals surface area contributed by atoms with E-state index in [0.29, 0.717) is 43.1 Å². The van der Waals surface area contributed by atoms with Crippen LogP contribution >= 0.6 is 0 Å². The number of hydrogen-bond acceptors (Lipinski definition) is 7. The van der Waals surface area contributed by atoms with Gasteiger partial charge in [0.2, 0.25) is 11.8 Å². The Balaban J connectivity index is 1.13. The third-order valence-corrected chi connectivity index (χ3v) is 6.41. The zero-order valence-electron chi connectivity index (χ0n) is 20.5. The molecule has 36 heavy (non-hydrogen) atoms. The maximum absolute atomic E-state index is 12.8. The maximum Gasteiger partial charge on any atom is 0.273 e. The molecule has 0 aliphatic carbocycles. The van der Waals surface area contributed by atoms with E-state index in [2.05, 4.69) is 15.8 Å². The van der Waals surface area contributed by atoms with Crippen molar-refractivity contribution in [1.29, 1.82) is 0 Å². The van der Waals surface area contributed by atoms with Gasteiger partial charge in [-0.05, 0) is 49.4 Å². The number of aryl methyl sites for hydroxylation is 1. The van der Waals surface area contributed by atoms with Crippen molar-refractivity contribution in [2.24, 2.45) is 0 Å². The number of rotatable bonds is 12. The Hall–Kier alpha value is -3.69. The van der Waals surface area contributed by atoms with Gasteiger partial charge in [0.25, 0.3) is 11.8 Å². The van der Waals surface area contributed by atoms with Gasteiger partial charge in [0.05, 0.1) is 6.61 Å². The molecule has 1 aromatic carbocycles. The first-order chi connectivity index (χ1) is 17.5. The molecule has 1 fully saturated rings. The van der Waals surface area contributed by atoms with Crippen LogP contribution < -0.4 is 15.4 Å². The number of nitrogens with one attached hydrogen (secondary N) is 2. The molecule has 10 heteroatoms. The quantitative estimate of drug-likeness (QED) is 0.341. The van der Waals surface area contributed by atoms with Gasteiger partial charge in [-0.25, -0.2) is 0 Å². The van der Waals surface area contributed by atoms with Gasteiger partial charge in [-0.3, -0.25) is 24.5 Å². The minimum absolute atomic E-state index is 0.192. The molecule has 1 saturated heterocycles. The van der Waals surface area contributed by atoms with E-state index >= 15 is 0 Å². The van der Waals surface area contributed by atoms with Gasteiger partial charge in [-0.1, -0.05) is 24.9 Å². The summed E-state index contributed by atoms with van der Waals surface area (Å²) in [6.07, 6.45) is 5.95. The van der Waals surface area contributed by atoms with E-state index in [4.69, 9.17) is 9.26 Å². The van der Waals surface area contributed by atoms with Crippen molar-refractivity contribution in [1.82, 2.24) is 20.7 Å². The van der Waals surface area contributed by atoms with Crippen LogP contribution in [-0.2, 0) is 22.6 Å². The van der Waals surface area contributed by atoms with Crippen LogP contribution in [0.25, 0.3) is 0 Å². The van der Waals surface area contributed by atoms with Gasteiger partial charge >= 0.3 is 0 Å². The fraction of sp³-hybridized carbons (Fsp3) is 0.500. The van der Waals surface area contributed by atoms with Crippen molar-refractivity contribution in [3.63, 3.8) is 0 Å². The second-order valence-electron chi connectivity index (χ2n) is 9.17. The van der Waals surface area contributed by atoms with Crippen molar-refractivity contribution in [3.05, 3.63) is 46.8 Å². The molecule has 4 amide bonds. The van der Waals surface area contributed by atoms with E-state index in [9.17, 15) is 19.2 Å². The zero-order valence-corrected chi connectivity index (χ0v) is 20.5. The molecule has 2 aliphatic rings. The first-order valence-electron chi connectivity index (χ1n) is 12.6. The van der Waals surface area contributed by atoms with Crippen LogP contribution in [-0.4, -0.2) is 52.9 Å². The van der Waals surface area contributed by atoms with Gasteiger partial charge in [-0.15, -0.1) is 0 Å². The Labute approximate surface area is 209 Å². The van der Waals surface area contributed by atoms with E-state index < -0.39 is 11.9 Å². The highest BCUT2D eigenvalue weighted by atomic mass is 16.5. The summed E-state index contributed by atoms with van der Waals surface area (Å²) in [6.45, 7) is 3.51. The molecular formula is C26H32N4O6. The third kappa shape index (κ3) is 6.10. The molecule has 2 N–H and O–H groups in total. The molecule has 10 nitrogen and oxygen atoms in total. The number of ether oxygens (including phenoxy) is 1. The summed E-state index contributed by atoms with van der Waals surface area (Å²) in [5.41, 5.74) is 1.72. The molecule has 1 atom stereocenters. The number of piperidine rings is 1. The highest BCUT2D eigenvalue weighted by Crippen LogP contribution is 2.30. The number of benzene rings is 1. The normalized spacial score (nSPS) is 17.2. The highest BCUT2D eigenvalue weighted by Gasteiger charge is 2.39. The molecule has 3 heterocycles. The van der Waals surface area contributed by atoms with Gasteiger partial charge in [-0.2, -0.15) is 0 Å². The summed E-state index contributed by atoms with van der Waals surface area (Å²) >= 11 is 0. The maximum atomic E-state index is 12.8. The zero-order chi connectivity index (χ0) is 25.5. The Kier molecular flexibility index (Phi) is 8.35. The molecule has 0 radical (unpaired) electrons. The smallest absolute Gasteiger partial charge is 0.273 e. The number of nitrogens with zero attached hydrogens (tertiary/aromatic N) is 2. The molecule has 1 unspecified atom stereocenters. The van der Waals surface area contributed by atoms with E-state index in [0.717, 1.165) is 49.8 Å². The van der Waals surface area contributed by atoms with Crippen LogP contribution in [0.2, 0.25) is 0 Å². The molecule has 0 spiro atoms. The van der Waals surface area contributed by atoms with Gasteiger partial charge in [0, 0.05) is 37.6 Å². The first-order valence-corrected chi connectivity index (χ1v) is 12.6. The molecule has 1 aromatic heterocycles. The van der Waals surface area contributed by atoms with Crippen LogP contribution in [0.3, 0.4) is 0 Å². The number of carbonyl (C=O) groups is 4. The summed E-state index contributed by atoms with van der Waals surface area (Å²) in [5, 5.41) is 8.98. The van der Waals surface area contributed by atoms with E-state index in [-0.39, 0.29) is 24.1 Å². The van der Waals surface area contributed by atoms with E-state index in [1.165, 1.54) is 4.90 Å². The molecule has 192 valence electrons. The molecule has 2 aromatic rings. The first kappa shape index (κ1) is 25.4. The van der Waals surface area contributed by atoms with Crippen molar-refractivity contribution < 1.29 is 28.4 Å². The highest BCUT2D eigenvalue weighted by molar-refractivity contribution is 6.05. The van der Waals surface area contributed by atoms with Crippen LogP contribution in [0.4, 0.5) is 0 Å². The standard InChI is InChI=1S/C26H32N4O6/c1-2-7-19-15-21(29-36-19)24(32)27-12-5-3-4-6-13-35-18-8-9-20-17(14-18)16-30(26(20)34)22-10-11-23(31)28-25(22)33/h8-9,14-15,22H,2-7,10-13,16H2,1H3,(H,27,32)(H,28,31,33). The van der Waals surface area contributed by atoms with Gasteiger partial charge in [0.1, 0.15) is 17.6 Å². The number of aromatic nitrogens is 1. The second kappa shape index (κ2) is 11.8. The molecule has 0 bridgehead atoms. The Morgan fingerprint density at radius 1 is 1.19 bits per heavy atom. The number of amides is 4. The average Bonchev–Trinajstić information content (AvgIpc) is 3.45. The summed E-state index contributed by atoms with van der Waals surface area (Å²) in [5.74, 6) is 0.299. The molecule has 2 aliphatic heterocycles. The third-order valence-electron chi connectivity index (χ3n) is 6.41. The van der Waals surface area contributed by atoms with E-state index in [1.807, 2.05) is 13.0 Å². The Morgan fingerprint density at radius 2 is 2.03 bits per heavy atom. The van der Waals surface area contributed by atoms with Gasteiger partial charge < -0.3 is 19.5 Å². The predicted molar refractivity (Wildman–Crippen MR) is 129 cm³/mol. The molecule has 4 rings (SSSR count). The second-order valence-corrected chi connectivity index (χ2v) is 9.17. The number of imide groups is 1. The monoisotopic (exact) mass is 496 g/mol. The largest absolute Gasteiger partial charge is 0.494 e. The number of unbranched alkanes of at least 4 members (excludes halogenated alkanes) is 3. The van der Waals surface area contributed by atoms with Crippen molar-refractivity contribution in [3.8, 4) is 5.75 Å². The predicted octanol–water partition coefficient (Wildman–Crippen LogP) is 2.76. The summed E-state index contributed by atoms with van der Waals surface area (Å²) in [6, 6.07) is 6.44. The topological polar surface area (TPSA) is 131 Å². The molecular weight excluding hydrogens is 464 g/mol. The lowest BCUT2D eigenvalue weighted by Crippen LogP contribution is -2.52. The fourth-order valence-electron chi connectivity index (χ4n) is 4.49. The van der Waals surface area contributed by atoms with Crippen molar-refractivity contribution in [2.45, 2.75) is 70.9 Å². The van der Waals surface area contributed by atoms with Crippen LogP contribution in [0.1, 0.15) is 84.0 Å². The van der Waals surface area contributed by atoms with Crippen molar-refractivity contribution >= 4 is 23.6 Å². The fourth-order valence-corrected chi connectivity index (χ4v) is 4.49. The minimum Gasteiger partial charge on any atom is -0.494 e. The minimum atomic E-state index is -0.619. The average molecular weight is 497 g/mol. The Bertz CT molecular complexity index is 1130. The number of fused-ring (bicyclic) bond motifs is 1. The Morgan fingerprint density at radius 3 is 2.83 bits per heavy atom.